The molecule has 0 aromatic heterocycles. The molecule has 0 aliphatic carbocycles. The zero-order valence-corrected chi connectivity index (χ0v) is 21.7. The molecular weight excluding hydrogens is 489 g/mol. The van der Waals surface area contributed by atoms with Crippen LogP contribution in [0, 0.1) is 12.8 Å². The maximum absolute atomic E-state index is 5.11. The second-order valence-corrected chi connectivity index (χ2v) is 8.23. The maximum Gasteiger partial charge on any atom is 0.191 e. The van der Waals surface area contributed by atoms with Gasteiger partial charge in [0.1, 0.15) is 0 Å². The quantitative estimate of drug-likeness (QED) is 0.199. The van der Waals surface area contributed by atoms with E-state index in [9.17, 15) is 0 Å². The Balaban J connectivity index is 0.00000450. The fourth-order valence-corrected chi connectivity index (χ4v) is 3.72. The van der Waals surface area contributed by atoms with E-state index < -0.39 is 0 Å². The number of nitrogens with zero attached hydrogens (tertiary/aromatic N) is 3. The molecule has 0 saturated carbocycles. The first kappa shape index (κ1) is 27.1. The predicted octanol–water partition coefficient (Wildman–Crippen LogP) is 2.96. The number of aliphatic imine (C=N–C) groups is 1. The van der Waals surface area contributed by atoms with Gasteiger partial charge in [-0.25, -0.2) is 0 Å². The number of likely N-dealkylation sites (N-methyl/N-ethyl adjacent to an activating group) is 1. The number of likely N-dealkylation sites (tertiary alicyclic amines) is 1. The van der Waals surface area contributed by atoms with Crippen LogP contribution in [0.4, 0.5) is 0 Å². The molecule has 1 saturated heterocycles. The van der Waals surface area contributed by atoms with Crippen molar-refractivity contribution in [1.29, 1.82) is 0 Å². The lowest BCUT2D eigenvalue weighted by Gasteiger charge is -2.32. The summed E-state index contributed by atoms with van der Waals surface area (Å²) in [7, 11) is 5.75. The monoisotopic (exact) mass is 531 g/mol. The molecule has 1 aliphatic rings. The number of methoxy groups -OCH3 is 1. The van der Waals surface area contributed by atoms with Crippen LogP contribution in [0.3, 0.4) is 0 Å². The van der Waals surface area contributed by atoms with E-state index in [1.54, 1.807) is 7.11 Å². The molecule has 0 radical (unpaired) electrons. The van der Waals surface area contributed by atoms with Crippen molar-refractivity contribution in [3.63, 3.8) is 0 Å². The van der Waals surface area contributed by atoms with Gasteiger partial charge in [0.05, 0.1) is 0 Å². The normalized spacial score (nSPS) is 15.8. The number of hydrogen-bond donors (Lipinski definition) is 2. The van der Waals surface area contributed by atoms with E-state index in [2.05, 4.69) is 63.7 Å². The van der Waals surface area contributed by atoms with Crippen molar-refractivity contribution in [2.75, 3.05) is 67.1 Å². The topological polar surface area (TPSA) is 52.1 Å². The highest BCUT2D eigenvalue weighted by Gasteiger charge is 2.19. The summed E-state index contributed by atoms with van der Waals surface area (Å²) in [4.78, 5) is 9.27. The minimum absolute atomic E-state index is 0. The summed E-state index contributed by atoms with van der Waals surface area (Å²) in [6.45, 7) is 10.4. The number of ether oxygens (including phenoxy) is 1. The Kier molecular flexibility index (Phi) is 14.3. The molecule has 30 heavy (non-hydrogen) atoms. The van der Waals surface area contributed by atoms with Gasteiger partial charge in [0.2, 0.25) is 0 Å². The molecule has 6 nitrogen and oxygen atoms in total. The van der Waals surface area contributed by atoms with E-state index in [1.165, 1.54) is 37.1 Å². The SMILES string of the molecule is CN=C(NCCN(C)CCCOC)NCC1CCN(Cc2ccc(C)cc2)CC1.I. The smallest absolute Gasteiger partial charge is 0.191 e. The average Bonchev–Trinajstić information content (AvgIpc) is 2.73. The van der Waals surface area contributed by atoms with E-state index in [-0.39, 0.29) is 24.0 Å². The number of hydrogen-bond acceptors (Lipinski definition) is 4. The predicted molar refractivity (Wildman–Crippen MR) is 138 cm³/mol. The van der Waals surface area contributed by atoms with Gasteiger partial charge in [-0.15, -0.1) is 24.0 Å². The molecule has 1 aliphatic heterocycles. The van der Waals surface area contributed by atoms with Crippen LogP contribution in [0.5, 0.6) is 0 Å². The molecule has 0 amide bonds. The molecule has 1 fully saturated rings. The fourth-order valence-electron chi connectivity index (χ4n) is 3.72. The first-order valence-corrected chi connectivity index (χ1v) is 11.0. The summed E-state index contributed by atoms with van der Waals surface area (Å²) < 4.78 is 5.11. The molecule has 2 rings (SSSR count). The van der Waals surface area contributed by atoms with Crippen LogP contribution < -0.4 is 10.6 Å². The summed E-state index contributed by atoms with van der Waals surface area (Å²) in [5.74, 6) is 1.64. The van der Waals surface area contributed by atoms with Crippen molar-refractivity contribution in [2.45, 2.75) is 32.7 Å². The highest BCUT2D eigenvalue weighted by Crippen LogP contribution is 2.18. The van der Waals surface area contributed by atoms with Gasteiger partial charge in [0.25, 0.3) is 0 Å². The minimum Gasteiger partial charge on any atom is -0.385 e. The number of halogens is 1. The first-order valence-electron chi connectivity index (χ1n) is 11.0. The average molecular weight is 532 g/mol. The fraction of sp³-hybridized carbons (Fsp3) is 0.696. The number of benzene rings is 1. The largest absolute Gasteiger partial charge is 0.385 e. The number of rotatable bonds is 11. The van der Waals surface area contributed by atoms with Crippen LogP contribution in [-0.4, -0.2) is 82.8 Å². The lowest BCUT2D eigenvalue weighted by atomic mass is 9.96. The minimum atomic E-state index is 0. The van der Waals surface area contributed by atoms with Gasteiger partial charge in [-0.05, 0) is 57.8 Å². The third-order valence-electron chi connectivity index (χ3n) is 5.69. The van der Waals surface area contributed by atoms with Gasteiger partial charge in [-0.3, -0.25) is 9.89 Å². The number of aryl methyl sites for hydroxylation is 1. The maximum atomic E-state index is 5.11. The van der Waals surface area contributed by atoms with Gasteiger partial charge in [-0.2, -0.15) is 0 Å². The second-order valence-electron chi connectivity index (χ2n) is 8.23. The lowest BCUT2D eigenvalue weighted by molar-refractivity contribution is 0.178. The summed E-state index contributed by atoms with van der Waals surface area (Å²) in [5, 5.41) is 6.95. The Morgan fingerprint density at radius 1 is 1.17 bits per heavy atom. The van der Waals surface area contributed by atoms with Gasteiger partial charge in [-0.1, -0.05) is 29.8 Å². The number of piperidine rings is 1. The van der Waals surface area contributed by atoms with E-state index >= 15 is 0 Å². The van der Waals surface area contributed by atoms with E-state index in [0.717, 1.165) is 57.6 Å². The van der Waals surface area contributed by atoms with Crippen molar-refractivity contribution in [1.82, 2.24) is 20.4 Å². The third kappa shape index (κ3) is 10.9. The Morgan fingerprint density at radius 3 is 2.50 bits per heavy atom. The van der Waals surface area contributed by atoms with Gasteiger partial charge in [0, 0.05) is 53.5 Å². The highest BCUT2D eigenvalue weighted by atomic mass is 127. The molecule has 7 heteroatoms. The molecule has 0 spiro atoms. The summed E-state index contributed by atoms with van der Waals surface area (Å²) >= 11 is 0. The standard InChI is InChI=1S/C23H41N5O.HI/c1-20-6-8-22(9-7-20)19-28-14-10-21(11-15-28)18-26-23(24-2)25-12-16-27(3)13-5-17-29-4;/h6-9,21H,5,10-19H2,1-4H3,(H2,24,25,26);1H. The van der Waals surface area contributed by atoms with Crippen LogP contribution in [-0.2, 0) is 11.3 Å². The number of guanidine groups is 1. The van der Waals surface area contributed by atoms with E-state index in [4.69, 9.17) is 4.74 Å². The van der Waals surface area contributed by atoms with Gasteiger partial charge in [0.15, 0.2) is 5.96 Å². The lowest BCUT2D eigenvalue weighted by Crippen LogP contribution is -2.44. The molecule has 0 atom stereocenters. The van der Waals surface area contributed by atoms with Crippen LogP contribution in [0.15, 0.2) is 29.3 Å². The first-order chi connectivity index (χ1) is 14.1. The van der Waals surface area contributed by atoms with Gasteiger partial charge >= 0.3 is 0 Å². The molecule has 2 N–H and O–H groups in total. The zero-order valence-electron chi connectivity index (χ0n) is 19.3. The zero-order chi connectivity index (χ0) is 20.9. The molecule has 1 aromatic carbocycles. The van der Waals surface area contributed by atoms with Crippen molar-refractivity contribution in [3.05, 3.63) is 35.4 Å². The van der Waals surface area contributed by atoms with E-state index in [1.807, 2.05) is 7.05 Å². The van der Waals surface area contributed by atoms with Crippen LogP contribution in [0.2, 0.25) is 0 Å². The molecule has 1 aromatic rings. The summed E-state index contributed by atoms with van der Waals surface area (Å²) in [5.41, 5.74) is 2.75. The number of nitrogens with one attached hydrogen (secondary N) is 2. The highest BCUT2D eigenvalue weighted by molar-refractivity contribution is 14.0. The molecule has 172 valence electrons. The van der Waals surface area contributed by atoms with Crippen LogP contribution >= 0.6 is 24.0 Å². The summed E-state index contributed by atoms with van der Waals surface area (Å²) in [6.07, 6.45) is 3.57. The van der Waals surface area contributed by atoms with Crippen LogP contribution in [0.1, 0.15) is 30.4 Å². The van der Waals surface area contributed by atoms with Crippen molar-refractivity contribution < 1.29 is 4.74 Å². The second kappa shape index (κ2) is 15.8. The molecule has 0 bridgehead atoms. The third-order valence-corrected chi connectivity index (χ3v) is 5.69. The van der Waals surface area contributed by atoms with E-state index in [0.29, 0.717) is 0 Å². The molecular formula is C23H42IN5O. The Morgan fingerprint density at radius 2 is 1.87 bits per heavy atom. The van der Waals surface area contributed by atoms with Crippen molar-refractivity contribution in [3.8, 4) is 0 Å². The Bertz CT molecular complexity index is 588. The molecule has 0 unspecified atom stereocenters. The molecule has 1 heterocycles. The van der Waals surface area contributed by atoms with Crippen LogP contribution in [0.25, 0.3) is 0 Å². The summed E-state index contributed by atoms with van der Waals surface area (Å²) in [6, 6.07) is 8.94. The van der Waals surface area contributed by atoms with Gasteiger partial charge < -0.3 is 20.3 Å². The van der Waals surface area contributed by atoms with Crippen molar-refractivity contribution >= 4 is 29.9 Å². The Labute approximate surface area is 200 Å². The Hall–Kier alpha value is -0.900. The van der Waals surface area contributed by atoms with Crippen molar-refractivity contribution in [2.24, 2.45) is 10.9 Å².